The number of imide groups is 1. The minimum atomic E-state index is -0.254. The molecular weight excluding hydrogens is 282 g/mol. The standard InChI is InChI=1S/C16H15N3O3/c1-22-10-4-2-9-3-5-14(17-13(9)6-10)19-7-11-12(8-19)16(21)18-15(11)20/h2-6,11-12H,7-8H2,1H3,(H,18,20,21)/t11-,12+. The molecule has 6 nitrogen and oxygen atoms in total. The van der Waals surface area contributed by atoms with Gasteiger partial charge in [-0.25, -0.2) is 4.98 Å². The van der Waals surface area contributed by atoms with E-state index in [0.29, 0.717) is 13.1 Å². The highest BCUT2D eigenvalue weighted by Crippen LogP contribution is 2.32. The number of aromatic nitrogens is 1. The van der Waals surface area contributed by atoms with Crippen molar-refractivity contribution in [1.82, 2.24) is 10.3 Å². The van der Waals surface area contributed by atoms with Gasteiger partial charge in [-0.2, -0.15) is 0 Å². The van der Waals surface area contributed by atoms with E-state index in [1.165, 1.54) is 0 Å². The topological polar surface area (TPSA) is 71.5 Å². The fourth-order valence-electron chi connectivity index (χ4n) is 3.22. The third-order valence-corrected chi connectivity index (χ3v) is 4.45. The van der Waals surface area contributed by atoms with E-state index in [2.05, 4.69) is 10.3 Å². The summed E-state index contributed by atoms with van der Waals surface area (Å²) in [6.07, 6.45) is 0. The smallest absolute Gasteiger partial charge is 0.232 e. The highest BCUT2D eigenvalue weighted by atomic mass is 16.5. The maximum atomic E-state index is 11.7. The van der Waals surface area contributed by atoms with Gasteiger partial charge in [-0.1, -0.05) is 0 Å². The zero-order valence-corrected chi connectivity index (χ0v) is 12.1. The first kappa shape index (κ1) is 13.1. The summed E-state index contributed by atoms with van der Waals surface area (Å²) in [5.41, 5.74) is 0.838. The molecule has 2 aliphatic rings. The van der Waals surface area contributed by atoms with Gasteiger partial charge in [0.15, 0.2) is 0 Å². The molecular formula is C16H15N3O3. The lowest BCUT2D eigenvalue weighted by Crippen LogP contribution is -2.31. The highest BCUT2D eigenvalue weighted by molar-refractivity contribution is 6.06. The number of anilines is 1. The molecule has 2 saturated heterocycles. The van der Waals surface area contributed by atoms with Crippen molar-refractivity contribution in [3.63, 3.8) is 0 Å². The Hall–Kier alpha value is -2.63. The quantitative estimate of drug-likeness (QED) is 0.836. The number of carbonyl (C=O) groups excluding carboxylic acids is 2. The second-order valence-electron chi connectivity index (χ2n) is 5.70. The minimum Gasteiger partial charge on any atom is -0.497 e. The highest BCUT2D eigenvalue weighted by Gasteiger charge is 2.48. The first-order valence-corrected chi connectivity index (χ1v) is 7.20. The van der Waals surface area contributed by atoms with Crippen LogP contribution in [0.25, 0.3) is 10.9 Å². The van der Waals surface area contributed by atoms with Crippen molar-refractivity contribution in [3.05, 3.63) is 30.3 Å². The number of nitrogens with zero attached hydrogens (tertiary/aromatic N) is 2. The van der Waals surface area contributed by atoms with Crippen LogP contribution in [0.5, 0.6) is 5.75 Å². The van der Waals surface area contributed by atoms with E-state index in [4.69, 9.17) is 4.74 Å². The molecule has 3 heterocycles. The van der Waals surface area contributed by atoms with E-state index in [1.807, 2.05) is 35.2 Å². The first-order valence-electron chi connectivity index (χ1n) is 7.20. The molecule has 0 unspecified atom stereocenters. The van der Waals surface area contributed by atoms with Crippen molar-refractivity contribution < 1.29 is 14.3 Å². The number of hydrogen-bond acceptors (Lipinski definition) is 5. The molecule has 0 aliphatic carbocycles. The Labute approximate surface area is 127 Å². The minimum absolute atomic E-state index is 0.167. The third-order valence-electron chi connectivity index (χ3n) is 4.45. The number of rotatable bonds is 2. The van der Waals surface area contributed by atoms with Crippen molar-refractivity contribution in [2.45, 2.75) is 0 Å². The van der Waals surface area contributed by atoms with Gasteiger partial charge in [-0.3, -0.25) is 14.9 Å². The summed E-state index contributed by atoms with van der Waals surface area (Å²) < 4.78 is 5.23. The maximum Gasteiger partial charge on any atom is 0.232 e. The van der Waals surface area contributed by atoms with Crippen molar-refractivity contribution in [3.8, 4) is 5.75 Å². The number of benzene rings is 1. The number of carbonyl (C=O) groups is 2. The summed E-state index contributed by atoms with van der Waals surface area (Å²) in [4.78, 5) is 30.1. The second kappa shape index (κ2) is 4.69. The number of nitrogens with one attached hydrogen (secondary N) is 1. The summed E-state index contributed by atoms with van der Waals surface area (Å²) in [6.45, 7) is 1.06. The van der Waals surface area contributed by atoms with Gasteiger partial charge in [-0.15, -0.1) is 0 Å². The Balaban J connectivity index is 1.67. The normalized spacial score (nSPS) is 23.8. The molecule has 22 heavy (non-hydrogen) atoms. The predicted octanol–water partition coefficient (Wildman–Crippen LogP) is 0.952. The molecule has 2 fully saturated rings. The Morgan fingerprint density at radius 1 is 1.14 bits per heavy atom. The molecule has 112 valence electrons. The first-order chi connectivity index (χ1) is 10.7. The average Bonchev–Trinajstić information content (AvgIpc) is 3.08. The van der Waals surface area contributed by atoms with E-state index >= 15 is 0 Å². The Kier molecular flexibility index (Phi) is 2.79. The van der Waals surface area contributed by atoms with Gasteiger partial charge < -0.3 is 9.64 Å². The zero-order chi connectivity index (χ0) is 15.3. The molecule has 2 aliphatic heterocycles. The third kappa shape index (κ3) is 1.91. The summed E-state index contributed by atoms with van der Waals surface area (Å²) in [6, 6.07) is 9.66. The lowest BCUT2D eigenvalue weighted by atomic mass is 10.00. The van der Waals surface area contributed by atoms with Gasteiger partial charge in [0.2, 0.25) is 11.8 Å². The molecule has 2 amide bonds. The van der Waals surface area contributed by atoms with E-state index in [9.17, 15) is 9.59 Å². The van der Waals surface area contributed by atoms with Crippen LogP contribution in [-0.2, 0) is 9.59 Å². The number of hydrogen-bond donors (Lipinski definition) is 1. The number of methoxy groups -OCH3 is 1. The molecule has 0 bridgehead atoms. The van der Waals surface area contributed by atoms with Crippen LogP contribution in [0, 0.1) is 11.8 Å². The van der Waals surface area contributed by atoms with Crippen LogP contribution in [0.1, 0.15) is 0 Å². The van der Waals surface area contributed by atoms with Crippen LogP contribution in [0.2, 0.25) is 0 Å². The number of pyridine rings is 1. The fraction of sp³-hybridized carbons (Fsp3) is 0.312. The lowest BCUT2D eigenvalue weighted by molar-refractivity contribution is -0.126. The zero-order valence-electron chi connectivity index (χ0n) is 12.1. The maximum absolute atomic E-state index is 11.7. The molecule has 0 saturated carbocycles. The lowest BCUT2D eigenvalue weighted by Gasteiger charge is -2.18. The summed E-state index contributed by atoms with van der Waals surface area (Å²) in [5, 5.41) is 3.42. The molecule has 2 aromatic rings. The number of ether oxygens (including phenoxy) is 1. The molecule has 0 spiro atoms. The SMILES string of the molecule is COc1ccc2ccc(N3C[C@@H]4C(=O)NC(=O)[C@@H]4C3)nc2c1. The van der Waals surface area contributed by atoms with E-state index < -0.39 is 0 Å². The molecule has 1 aromatic carbocycles. The molecule has 1 aromatic heterocycles. The van der Waals surface area contributed by atoms with Gasteiger partial charge >= 0.3 is 0 Å². The summed E-state index contributed by atoms with van der Waals surface area (Å²) in [7, 11) is 1.62. The fourth-order valence-corrected chi connectivity index (χ4v) is 3.22. The molecule has 6 heteroatoms. The summed E-state index contributed by atoms with van der Waals surface area (Å²) in [5.74, 6) is 0.700. The largest absolute Gasteiger partial charge is 0.497 e. The second-order valence-corrected chi connectivity index (χ2v) is 5.70. The Morgan fingerprint density at radius 2 is 1.82 bits per heavy atom. The molecule has 2 atom stereocenters. The molecule has 4 rings (SSSR count). The average molecular weight is 297 g/mol. The monoisotopic (exact) mass is 297 g/mol. The Morgan fingerprint density at radius 3 is 2.50 bits per heavy atom. The van der Waals surface area contributed by atoms with Crippen LogP contribution < -0.4 is 15.0 Å². The van der Waals surface area contributed by atoms with Gasteiger partial charge in [0.05, 0.1) is 24.5 Å². The summed E-state index contributed by atoms with van der Waals surface area (Å²) >= 11 is 0. The van der Waals surface area contributed by atoms with Crippen LogP contribution in [0.15, 0.2) is 30.3 Å². The van der Waals surface area contributed by atoms with Gasteiger partial charge in [-0.05, 0) is 24.3 Å². The van der Waals surface area contributed by atoms with Gasteiger partial charge in [0, 0.05) is 24.5 Å². The van der Waals surface area contributed by atoms with Crippen LogP contribution >= 0.6 is 0 Å². The van der Waals surface area contributed by atoms with Crippen LogP contribution in [0.4, 0.5) is 5.82 Å². The Bertz CT molecular complexity index is 767. The number of fused-ring (bicyclic) bond motifs is 2. The van der Waals surface area contributed by atoms with E-state index in [0.717, 1.165) is 22.5 Å². The van der Waals surface area contributed by atoms with Crippen molar-refractivity contribution in [1.29, 1.82) is 0 Å². The van der Waals surface area contributed by atoms with Gasteiger partial charge in [0.25, 0.3) is 0 Å². The van der Waals surface area contributed by atoms with Crippen molar-refractivity contribution >= 4 is 28.5 Å². The molecule has 1 N–H and O–H groups in total. The van der Waals surface area contributed by atoms with E-state index in [-0.39, 0.29) is 23.7 Å². The van der Waals surface area contributed by atoms with Gasteiger partial charge in [0.1, 0.15) is 11.6 Å². The predicted molar refractivity (Wildman–Crippen MR) is 80.6 cm³/mol. The molecule has 0 radical (unpaired) electrons. The number of amides is 2. The van der Waals surface area contributed by atoms with Crippen molar-refractivity contribution in [2.75, 3.05) is 25.1 Å². The van der Waals surface area contributed by atoms with Crippen LogP contribution in [0.3, 0.4) is 0 Å². The van der Waals surface area contributed by atoms with Crippen LogP contribution in [-0.4, -0.2) is 37.0 Å². The van der Waals surface area contributed by atoms with E-state index in [1.54, 1.807) is 7.11 Å². The van der Waals surface area contributed by atoms with Crippen molar-refractivity contribution in [2.24, 2.45) is 11.8 Å².